The van der Waals surface area contributed by atoms with Crippen LogP contribution in [0.3, 0.4) is 0 Å². The fourth-order valence-corrected chi connectivity index (χ4v) is 5.51. The number of hydrogen-bond donors (Lipinski definition) is 7. The number of benzene rings is 3. The first kappa shape index (κ1) is 41.1. The van der Waals surface area contributed by atoms with Gasteiger partial charge in [-0.25, -0.2) is 14.3 Å². The lowest BCUT2D eigenvalue weighted by Gasteiger charge is -2.19. The monoisotopic (exact) mass is 758 g/mol. The number of carboxylic acids is 2. The van der Waals surface area contributed by atoms with Crippen molar-refractivity contribution in [3.63, 3.8) is 0 Å². The van der Waals surface area contributed by atoms with Gasteiger partial charge in [-0.05, 0) is 91.8 Å². The zero-order valence-corrected chi connectivity index (χ0v) is 29.9. The highest BCUT2D eigenvalue weighted by atomic mass is 19.1. The van der Waals surface area contributed by atoms with Crippen molar-refractivity contribution < 1.29 is 43.4 Å². The SMILES string of the molecule is NC(=O)N[C@@H](Cc1ccc(NC(=O)CCC(CCC(=O)Nc2ccc(CCC(=O)O)cc2)NC(=O)c2ccc(-n3cc(CCCF)nn3)cc2)cc1)C(=O)O. The first-order valence-corrected chi connectivity index (χ1v) is 17.5. The van der Waals surface area contributed by atoms with Gasteiger partial charge in [0.15, 0.2) is 0 Å². The molecular weight excluding hydrogens is 715 g/mol. The largest absolute Gasteiger partial charge is 0.481 e. The molecule has 3 aromatic carbocycles. The molecule has 16 nitrogen and oxygen atoms in total. The minimum atomic E-state index is -1.25. The first-order valence-electron chi connectivity index (χ1n) is 17.5. The van der Waals surface area contributed by atoms with Crippen LogP contribution in [0.2, 0.25) is 0 Å². The molecule has 1 aromatic heterocycles. The Labute approximate surface area is 315 Å². The summed E-state index contributed by atoms with van der Waals surface area (Å²) in [6, 6.07) is 17.1. The van der Waals surface area contributed by atoms with Gasteiger partial charge >= 0.3 is 18.0 Å². The fourth-order valence-electron chi connectivity index (χ4n) is 5.51. The molecule has 0 saturated heterocycles. The van der Waals surface area contributed by atoms with Crippen molar-refractivity contribution in [2.45, 2.75) is 69.9 Å². The Kier molecular flexibility index (Phi) is 15.4. The van der Waals surface area contributed by atoms with Crippen LogP contribution in [-0.2, 0) is 38.4 Å². The van der Waals surface area contributed by atoms with Gasteiger partial charge < -0.3 is 37.2 Å². The number of nitrogens with two attached hydrogens (primary N) is 1. The van der Waals surface area contributed by atoms with Crippen LogP contribution in [-0.4, -0.2) is 79.7 Å². The number of carbonyl (C=O) groups is 6. The Morgan fingerprint density at radius 2 is 1.33 bits per heavy atom. The molecule has 17 heteroatoms. The second-order valence-electron chi connectivity index (χ2n) is 12.7. The molecule has 0 aliphatic carbocycles. The molecule has 0 saturated carbocycles. The van der Waals surface area contributed by atoms with E-state index in [9.17, 15) is 38.3 Å². The molecule has 1 heterocycles. The van der Waals surface area contributed by atoms with Crippen LogP contribution in [0.5, 0.6) is 0 Å². The number of nitrogens with zero attached hydrogens (tertiary/aromatic N) is 3. The molecule has 0 radical (unpaired) electrons. The summed E-state index contributed by atoms with van der Waals surface area (Å²) in [7, 11) is 0. The van der Waals surface area contributed by atoms with Gasteiger partial charge in [0.25, 0.3) is 5.91 Å². The number of aliphatic carboxylic acids is 2. The number of alkyl halides is 1. The maximum Gasteiger partial charge on any atom is 0.326 e. The van der Waals surface area contributed by atoms with E-state index in [2.05, 4.69) is 31.6 Å². The Morgan fingerprint density at radius 1 is 0.745 bits per heavy atom. The smallest absolute Gasteiger partial charge is 0.326 e. The number of halogens is 1. The average Bonchev–Trinajstić information content (AvgIpc) is 3.64. The summed E-state index contributed by atoms with van der Waals surface area (Å²) in [5.41, 5.74) is 9.05. The first-order chi connectivity index (χ1) is 26.4. The number of primary amides is 1. The van der Waals surface area contributed by atoms with Gasteiger partial charge in [0.2, 0.25) is 11.8 Å². The second-order valence-corrected chi connectivity index (χ2v) is 12.7. The van der Waals surface area contributed by atoms with Gasteiger partial charge in [-0.2, -0.15) is 0 Å². The minimum Gasteiger partial charge on any atom is -0.481 e. The molecule has 0 spiro atoms. The molecule has 0 fully saturated rings. The van der Waals surface area contributed by atoms with Gasteiger partial charge in [-0.15, -0.1) is 5.10 Å². The van der Waals surface area contributed by atoms with Crippen molar-refractivity contribution in [3.8, 4) is 5.69 Å². The summed E-state index contributed by atoms with van der Waals surface area (Å²) < 4.78 is 14.1. The van der Waals surface area contributed by atoms with Crippen molar-refractivity contribution in [2.75, 3.05) is 17.3 Å². The molecule has 8 N–H and O–H groups in total. The van der Waals surface area contributed by atoms with Gasteiger partial charge in [0.05, 0.1) is 24.3 Å². The minimum absolute atomic E-state index is 0.00822. The third kappa shape index (κ3) is 14.0. The topological polar surface area (TPSA) is 248 Å². The standard InChI is InChI=1S/C38H43FN8O8/c39-21-1-2-30-23-47(46-45-30)31-16-8-26(9-17-31)36(52)43-29(14-18-33(48)41-27-10-3-24(4-11-27)7-20-35(50)51)15-19-34(49)42-28-12-5-25(6-13-28)22-32(37(53)54)44-38(40)55/h3-6,8-13,16-17,23,29,32H,1-2,7,14-15,18-22H2,(H,41,48)(H,42,49)(H,43,52)(H,50,51)(H,53,54)(H3,40,44,55)/t29?,32-/m0/s1. The van der Waals surface area contributed by atoms with Gasteiger partial charge in [0.1, 0.15) is 6.04 Å². The normalized spacial score (nSPS) is 11.9. The molecule has 290 valence electrons. The van der Waals surface area contributed by atoms with E-state index in [0.29, 0.717) is 53.1 Å². The molecule has 4 rings (SSSR count). The summed E-state index contributed by atoms with van der Waals surface area (Å²) in [5, 5.41) is 37.0. The van der Waals surface area contributed by atoms with Crippen molar-refractivity contribution >= 4 is 47.1 Å². The second kappa shape index (κ2) is 20.6. The van der Waals surface area contributed by atoms with Crippen LogP contribution in [0.25, 0.3) is 5.69 Å². The predicted octanol–water partition coefficient (Wildman–Crippen LogP) is 3.79. The maximum absolute atomic E-state index is 13.3. The lowest BCUT2D eigenvalue weighted by Crippen LogP contribution is -2.44. The van der Waals surface area contributed by atoms with E-state index in [-0.39, 0.29) is 50.3 Å². The van der Waals surface area contributed by atoms with E-state index < -0.39 is 42.6 Å². The Morgan fingerprint density at radius 3 is 1.85 bits per heavy atom. The molecule has 2 atom stereocenters. The van der Waals surface area contributed by atoms with E-state index >= 15 is 0 Å². The summed E-state index contributed by atoms with van der Waals surface area (Å²) in [6.07, 6.45) is 3.23. The number of carboxylic acid groups (broad SMARTS) is 2. The number of carbonyl (C=O) groups excluding carboxylic acids is 4. The van der Waals surface area contributed by atoms with Crippen molar-refractivity contribution in [2.24, 2.45) is 5.73 Å². The number of urea groups is 1. The number of aromatic nitrogens is 3. The highest BCUT2D eigenvalue weighted by Crippen LogP contribution is 2.17. The summed E-state index contributed by atoms with van der Waals surface area (Å²) in [6.45, 7) is -0.454. The molecule has 0 aliphatic rings. The third-order valence-electron chi connectivity index (χ3n) is 8.43. The predicted molar refractivity (Wildman–Crippen MR) is 199 cm³/mol. The van der Waals surface area contributed by atoms with Crippen LogP contribution in [0.15, 0.2) is 79.0 Å². The lowest BCUT2D eigenvalue weighted by atomic mass is 10.0. The van der Waals surface area contributed by atoms with Crippen molar-refractivity contribution in [1.29, 1.82) is 0 Å². The van der Waals surface area contributed by atoms with Gasteiger partial charge in [-0.1, -0.05) is 29.5 Å². The van der Waals surface area contributed by atoms with E-state index in [1.807, 2.05) is 0 Å². The number of amides is 5. The number of aryl methyl sites for hydroxylation is 2. The molecule has 4 aromatic rings. The maximum atomic E-state index is 13.3. The van der Waals surface area contributed by atoms with Crippen molar-refractivity contribution in [1.82, 2.24) is 25.6 Å². The van der Waals surface area contributed by atoms with E-state index in [0.717, 1.165) is 5.56 Å². The Bertz CT molecular complexity index is 1940. The van der Waals surface area contributed by atoms with Crippen LogP contribution in [0.4, 0.5) is 20.6 Å². The van der Waals surface area contributed by atoms with E-state index in [4.69, 9.17) is 10.8 Å². The summed E-state index contributed by atoms with van der Waals surface area (Å²) >= 11 is 0. The quantitative estimate of drug-likeness (QED) is 0.0648. The fraction of sp³-hybridized carbons (Fsp3) is 0.316. The molecule has 55 heavy (non-hydrogen) atoms. The Balaban J connectivity index is 1.37. The highest BCUT2D eigenvalue weighted by Gasteiger charge is 2.20. The number of hydrogen-bond acceptors (Lipinski definition) is 8. The third-order valence-corrected chi connectivity index (χ3v) is 8.43. The number of nitrogens with one attached hydrogen (secondary N) is 4. The van der Waals surface area contributed by atoms with Crippen LogP contribution >= 0.6 is 0 Å². The Hall–Kier alpha value is -6.65. The summed E-state index contributed by atoms with van der Waals surface area (Å²) in [4.78, 5) is 72.6. The van der Waals surface area contributed by atoms with Crippen LogP contribution in [0.1, 0.15) is 65.7 Å². The van der Waals surface area contributed by atoms with E-state index in [1.54, 1.807) is 79.0 Å². The number of anilines is 2. The highest BCUT2D eigenvalue weighted by molar-refractivity contribution is 5.95. The molecule has 0 aliphatic heterocycles. The molecular formula is C38H43FN8O8. The van der Waals surface area contributed by atoms with Crippen molar-refractivity contribution in [3.05, 3.63) is 101 Å². The average molecular weight is 759 g/mol. The number of rotatable bonds is 21. The van der Waals surface area contributed by atoms with E-state index in [1.165, 1.54) is 4.68 Å². The molecule has 1 unspecified atom stereocenters. The lowest BCUT2D eigenvalue weighted by molar-refractivity contribution is -0.139. The summed E-state index contributed by atoms with van der Waals surface area (Å²) in [5.74, 6) is -3.25. The zero-order valence-electron chi connectivity index (χ0n) is 29.9. The van der Waals surface area contributed by atoms with Crippen LogP contribution < -0.4 is 27.0 Å². The van der Waals surface area contributed by atoms with Gasteiger partial charge in [0, 0.05) is 48.7 Å². The van der Waals surface area contributed by atoms with Gasteiger partial charge in [-0.3, -0.25) is 23.6 Å². The zero-order chi connectivity index (χ0) is 39.7. The van der Waals surface area contributed by atoms with Crippen LogP contribution in [0, 0.1) is 0 Å². The molecule has 0 bridgehead atoms. The molecule has 5 amide bonds.